The van der Waals surface area contributed by atoms with Crippen molar-refractivity contribution in [1.82, 2.24) is 5.32 Å². The molecule has 0 spiro atoms. The van der Waals surface area contributed by atoms with Gasteiger partial charge in [0.15, 0.2) is 0 Å². The van der Waals surface area contributed by atoms with Crippen LogP contribution in [0.4, 0.5) is 0 Å². The first-order chi connectivity index (χ1) is 9.02. The fourth-order valence-electron chi connectivity index (χ4n) is 0.984. The van der Waals surface area contributed by atoms with Crippen molar-refractivity contribution in [3.8, 4) is 0 Å². The Morgan fingerprint density at radius 3 is 2.30 bits per heavy atom. The van der Waals surface area contributed by atoms with Gasteiger partial charge in [0.05, 0.1) is 34.3 Å². The Labute approximate surface area is 120 Å². The van der Waals surface area contributed by atoms with Crippen LogP contribution in [-0.4, -0.2) is 56.1 Å². The molecule has 0 saturated heterocycles. The molecule has 0 saturated carbocycles. The van der Waals surface area contributed by atoms with Gasteiger partial charge in [-0.3, -0.25) is 9.36 Å². The average molecular weight is 308 g/mol. The second kappa shape index (κ2) is 10.8. The van der Waals surface area contributed by atoms with Crippen molar-refractivity contribution in [2.45, 2.75) is 6.42 Å². The van der Waals surface area contributed by atoms with Crippen molar-refractivity contribution in [3.05, 3.63) is 25.3 Å². The van der Waals surface area contributed by atoms with Crippen LogP contribution < -0.4 is 10.2 Å². The Kier molecular flexibility index (Phi) is 11.5. The Morgan fingerprint density at radius 1 is 1.45 bits per heavy atom. The number of hydrogen-bond acceptors (Lipinski definition) is 4. The third-order valence-corrected chi connectivity index (χ3v) is 2.32. The van der Waals surface area contributed by atoms with E-state index in [0.29, 0.717) is 0 Å². The quantitative estimate of drug-likeness (QED) is 0.217. The highest BCUT2D eigenvalue weighted by molar-refractivity contribution is 7.44. The number of carbonyl (C=O) groups excluding carboxylic acids is 1. The van der Waals surface area contributed by atoms with Crippen molar-refractivity contribution in [2.24, 2.45) is 0 Å². The molecule has 0 heterocycles. The van der Waals surface area contributed by atoms with Gasteiger partial charge in [0, 0.05) is 13.0 Å². The van der Waals surface area contributed by atoms with Crippen LogP contribution in [0.1, 0.15) is 6.42 Å². The van der Waals surface area contributed by atoms with Crippen molar-refractivity contribution in [3.63, 3.8) is 0 Å². The van der Waals surface area contributed by atoms with E-state index in [4.69, 9.17) is 4.89 Å². The SMILES string of the molecule is C=CC(=O)NCCC[N+](C)(C)C.C=CCOP(=O)([O-])O. The molecule has 8 heteroatoms. The Balaban J connectivity index is 0. The molecular weight excluding hydrogens is 283 g/mol. The van der Waals surface area contributed by atoms with Gasteiger partial charge in [-0.2, -0.15) is 0 Å². The number of carbonyl (C=O) groups is 1. The molecule has 0 rings (SSSR count). The van der Waals surface area contributed by atoms with Crippen LogP contribution in [0.3, 0.4) is 0 Å². The zero-order chi connectivity index (χ0) is 16.2. The molecular formula is C12H25N2O5P. The van der Waals surface area contributed by atoms with Crippen LogP contribution in [0.15, 0.2) is 25.3 Å². The largest absolute Gasteiger partial charge is 0.756 e. The minimum Gasteiger partial charge on any atom is -0.756 e. The Hall–Kier alpha value is -0.980. The number of quaternary nitrogens is 1. The number of nitrogens with zero attached hydrogens (tertiary/aromatic N) is 1. The minimum absolute atomic E-state index is 0.0867. The van der Waals surface area contributed by atoms with E-state index in [-0.39, 0.29) is 12.5 Å². The summed E-state index contributed by atoms with van der Waals surface area (Å²) in [5.41, 5.74) is 0. The monoisotopic (exact) mass is 308 g/mol. The van der Waals surface area contributed by atoms with Crippen LogP contribution in [0.2, 0.25) is 0 Å². The van der Waals surface area contributed by atoms with Gasteiger partial charge in [-0.05, 0) is 6.08 Å². The van der Waals surface area contributed by atoms with E-state index in [1.807, 2.05) is 0 Å². The van der Waals surface area contributed by atoms with Gasteiger partial charge in [-0.1, -0.05) is 12.7 Å². The summed E-state index contributed by atoms with van der Waals surface area (Å²) in [5, 5.41) is 2.74. The van der Waals surface area contributed by atoms with Crippen LogP contribution in [0.25, 0.3) is 0 Å². The zero-order valence-corrected chi connectivity index (χ0v) is 13.3. The lowest BCUT2D eigenvalue weighted by Crippen LogP contribution is -2.37. The molecule has 20 heavy (non-hydrogen) atoms. The number of phosphoric acid groups is 1. The summed E-state index contributed by atoms with van der Waals surface area (Å²) in [4.78, 5) is 28.3. The van der Waals surface area contributed by atoms with Gasteiger partial charge < -0.3 is 24.1 Å². The average Bonchev–Trinajstić information content (AvgIpc) is 2.30. The summed E-state index contributed by atoms with van der Waals surface area (Å²) in [7, 11) is 1.90. The number of rotatable bonds is 8. The van der Waals surface area contributed by atoms with Crippen LogP contribution in [0, 0.1) is 0 Å². The van der Waals surface area contributed by atoms with Gasteiger partial charge in [0.1, 0.15) is 0 Å². The standard InChI is InChI=1S/C9H18N2O.C3H7O4P/c1-5-9(12)10-7-6-8-11(2,3)4;1-2-3-7-8(4,5)6/h5H,1,6-8H2,2-4H3;2H,1,3H2,(H2,4,5,6). The molecule has 0 aromatic heterocycles. The fraction of sp³-hybridized carbons (Fsp3) is 0.583. The molecule has 0 bridgehead atoms. The highest BCUT2D eigenvalue weighted by Crippen LogP contribution is 2.29. The van der Waals surface area contributed by atoms with E-state index < -0.39 is 7.82 Å². The molecule has 0 fully saturated rings. The van der Waals surface area contributed by atoms with Crippen LogP contribution in [0.5, 0.6) is 0 Å². The second-order valence-corrected chi connectivity index (χ2v) is 6.11. The first-order valence-corrected chi connectivity index (χ1v) is 7.51. The molecule has 1 unspecified atom stereocenters. The summed E-state index contributed by atoms with van der Waals surface area (Å²) >= 11 is 0. The number of hydrogen-bond donors (Lipinski definition) is 2. The van der Waals surface area contributed by atoms with Gasteiger partial charge in [0.2, 0.25) is 5.91 Å². The van der Waals surface area contributed by atoms with E-state index in [9.17, 15) is 14.3 Å². The van der Waals surface area contributed by atoms with Crippen molar-refractivity contribution in [2.75, 3.05) is 40.8 Å². The Bertz CT molecular complexity index is 346. The van der Waals surface area contributed by atoms with E-state index in [2.05, 4.69) is 44.1 Å². The van der Waals surface area contributed by atoms with Gasteiger partial charge in [0.25, 0.3) is 7.82 Å². The number of nitrogens with one attached hydrogen (secondary N) is 1. The maximum absolute atomic E-state index is 10.7. The first kappa shape index (κ1) is 21.3. The predicted molar refractivity (Wildman–Crippen MR) is 76.7 cm³/mol. The molecule has 1 atom stereocenters. The summed E-state index contributed by atoms with van der Waals surface area (Å²) in [6.45, 7) is 8.16. The minimum atomic E-state index is -4.50. The first-order valence-electron chi connectivity index (χ1n) is 6.02. The third kappa shape index (κ3) is 22.2. The molecule has 0 aliphatic heterocycles. The molecule has 118 valence electrons. The number of amides is 1. The molecule has 0 radical (unpaired) electrons. The number of phosphoric ester groups is 1. The summed E-state index contributed by atoms with van der Waals surface area (Å²) in [6.07, 6.45) is 3.52. The topological polar surface area (TPSA) is 98.7 Å². The third-order valence-electron chi connectivity index (χ3n) is 1.85. The van der Waals surface area contributed by atoms with Crippen molar-refractivity contribution < 1.29 is 28.2 Å². The van der Waals surface area contributed by atoms with Crippen molar-refractivity contribution in [1.29, 1.82) is 0 Å². The molecule has 0 aliphatic rings. The summed E-state index contributed by atoms with van der Waals surface area (Å²) in [6, 6.07) is 0. The maximum Gasteiger partial charge on any atom is 0.265 e. The summed E-state index contributed by atoms with van der Waals surface area (Å²) < 4.78 is 14.5. The lowest BCUT2D eigenvalue weighted by molar-refractivity contribution is -0.870. The summed E-state index contributed by atoms with van der Waals surface area (Å²) in [5.74, 6) is -0.0867. The van der Waals surface area contributed by atoms with Crippen LogP contribution >= 0.6 is 7.82 Å². The van der Waals surface area contributed by atoms with E-state index in [1.54, 1.807) is 0 Å². The predicted octanol–water partition coefficient (Wildman–Crippen LogP) is 0.0346. The molecule has 0 aromatic rings. The maximum atomic E-state index is 10.7. The Morgan fingerprint density at radius 2 is 2.00 bits per heavy atom. The fourth-order valence-corrected chi connectivity index (χ4v) is 1.28. The lowest BCUT2D eigenvalue weighted by Gasteiger charge is -2.23. The van der Waals surface area contributed by atoms with Gasteiger partial charge >= 0.3 is 0 Å². The highest BCUT2D eigenvalue weighted by atomic mass is 31.2. The lowest BCUT2D eigenvalue weighted by atomic mass is 10.3. The highest BCUT2D eigenvalue weighted by Gasteiger charge is 2.05. The molecule has 7 nitrogen and oxygen atoms in total. The smallest absolute Gasteiger partial charge is 0.265 e. The van der Waals surface area contributed by atoms with E-state index in [0.717, 1.165) is 24.0 Å². The van der Waals surface area contributed by atoms with Crippen LogP contribution in [-0.2, 0) is 13.9 Å². The molecule has 0 aromatic carbocycles. The molecule has 0 aliphatic carbocycles. The van der Waals surface area contributed by atoms with Gasteiger partial charge in [-0.25, -0.2) is 0 Å². The van der Waals surface area contributed by atoms with Crippen molar-refractivity contribution >= 4 is 13.7 Å². The van der Waals surface area contributed by atoms with Gasteiger partial charge in [-0.15, -0.1) is 6.58 Å². The van der Waals surface area contributed by atoms with E-state index in [1.165, 1.54) is 12.2 Å². The molecule has 2 N–H and O–H groups in total. The normalized spacial score (nSPS) is 13.4. The second-order valence-electron chi connectivity index (χ2n) is 4.92. The molecule has 1 amide bonds. The zero-order valence-electron chi connectivity index (χ0n) is 12.4. The van der Waals surface area contributed by atoms with E-state index >= 15 is 0 Å².